The number of hydrogen-bond donors (Lipinski definition) is 0. The maximum Gasteiger partial charge on any atom is 2.00 e. The van der Waals surface area contributed by atoms with Gasteiger partial charge in [0.2, 0.25) is 0 Å². The number of rotatable bonds is 0. The molecular formula is HCuNNaO4+. The summed E-state index contributed by atoms with van der Waals surface area (Å²) in [6.45, 7) is 0. The molecule has 0 aliphatic heterocycles. The summed E-state index contributed by atoms with van der Waals surface area (Å²) in [7, 11) is 0. The minimum atomic E-state index is -1.75. The van der Waals surface area contributed by atoms with Gasteiger partial charge in [-0.2, -0.15) is 0 Å². The van der Waals surface area contributed by atoms with Crippen molar-refractivity contribution in [3.63, 3.8) is 0 Å². The molecule has 0 aliphatic rings. The predicted octanol–water partition coefficient (Wildman–Crippen LogP) is -3.41. The van der Waals surface area contributed by atoms with Gasteiger partial charge in [0.15, 0.2) is 0 Å². The molecule has 0 spiro atoms. The normalized spacial score (nSPS) is 3.43. The van der Waals surface area contributed by atoms with E-state index in [0.717, 1.165) is 0 Å². The van der Waals surface area contributed by atoms with Gasteiger partial charge in [0.25, 0.3) is 0 Å². The molecule has 0 saturated carbocycles. The van der Waals surface area contributed by atoms with Crippen molar-refractivity contribution < 1.29 is 57.2 Å². The van der Waals surface area contributed by atoms with Gasteiger partial charge < -0.3 is 20.8 Å². The Labute approximate surface area is 72.3 Å². The van der Waals surface area contributed by atoms with Gasteiger partial charge in [0.05, 0.1) is 5.09 Å². The van der Waals surface area contributed by atoms with E-state index < -0.39 is 5.09 Å². The van der Waals surface area contributed by atoms with Gasteiger partial charge in [0, 0.05) is 0 Å². The second-order valence-electron chi connectivity index (χ2n) is 0.224. The summed E-state index contributed by atoms with van der Waals surface area (Å²) in [6.07, 6.45) is 0. The first kappa shape index (κ1) is 25.3. The van der Waals surface area contributed by atoms with E-state index >= 15 is 0 Å². The maximum absolute atomic E-state index is 8.25. The van der Waals surface area contributed by atoms with Gasteiger partial charge in [-0.25, -0.2) is 0 Å². The van der Waals surface area contributed by atoms with E-state index in [-0.39, 0.29) is 52.1 Å². The van der Waals surface area contributed by atoms with Crippen LogP contribution in [-0.4, -0.2) is 10.6 Å². The molecule has 0 aromatic rings. The van der Waals surface area contributed by atoms with Crippen molar-refractivity contribution in [2.45, 2.75) is 0 Å². The number of nitrogens with zero attached hydrogens (tertiary/aromatic N) is 1. The summed E-state index contributed by atoms with van der Waals surface area (Å²) in [4.78, 5) is 8.25. The fraction of sp³-hybridized carbons (Fsp3) is 0. The van der Waals surface area contributed by atoms with Crippen LogP contribution in [0.15, 0.2) is 0 Å². The van der Waals surface area contributed by atoms with Crippen LogP contribution < -0.4 is 29.6 Å². The van der Waals surface area contributed by atoms with Gasteiger partial charge in [-0.1, -0.05) is 0 Å². The molecule has 7 heteroatoms. The molecular weight excluding hydrogens is 165 g/mol. The van der Waals surface area contributed by atoms with Crippen LogP contribution in [-0.2, 0) is 17.1 Å². The maximum atomic E-state index is 8.25. The van der Waals surface area contributed by atoms with Crippen molar-refractivity contribution in [3.05, 3.63) is 15.3 Å². The molecule has 1 N–H and O–H groups in total. The van der Waals surface area contributed by atoms with Crippen LogP contribution in [0.25, 0.3) is 0 Å². The molecule has 41 valence electrons. The zero-order valence-corrected chi connectivity index (χ0v) is 6.36. The smallest absolute Gasteiger partial charge is 0.870 e. The van der Waals surface area contributed by atoms with Gasteiger partial charge in [0.1, 0.15) is 0 Å². The Balaban J connectivity index is -0.0000000150. The Hall–Kier alpha value is 0.679. The summed E-state index contributed by atoms with van der Waals surface area (Å²) in [5.74, 6) is 0. The van der Waals surface area contributed by atoms with E-state index in [2.05, 4.69) is 0 Å². The minimum Gasteiger partial charge on any atom is -0.870 e. The largest absolute Gasteiger partial charge is 2.00 e. The second-order valence-corrected chi connectivity index (χ2v) is 0.224. The fourth-order valence-electron chi connectivity index (χ4n) is 0. The van der Waals surface area contributed by atoms with Crippen molar-refractivity contribution in [1.29, 1.82) is 0 Å². The monoisotopic (exact) mass is 165 g/mol. The molecule has 0 rings (SSSR count). The molecule has 0 saturated heterocycles. The standard InChI is InChI=1S/Cu.NO3.Na.H2O/c;2-1(3)4;;/h;;;1H2/q+2;-1;+1;/p-1. The molecule has 1 radical (unpaired) electrons. The van der Waals surface area contributed by atoms with Crippen LogP contribution in [0, 0.1) is 15.3 Å². The molecule has 0 atom stereocenters. The van der Waals surface area contributed by atoms with Crippen LogP contribution in [0.3, 0.4) is 0 Å². The van der Waals surface area contributed by atoms with Crippen molar-refractivity contribution in [3.8, 4) is 0 Å². The van der Waals surface area contributed by atoms with E-state index in [0.29, 0.717) is 0 Å². The molecule has 0 fully saturated rings. The van der Waals surface area contributed by atoms with Crippen LogP contribution in [0.4, 0.5) is 0 Å². The third kappa shape index (κ3) is 317. The number of hydrogen-bond acceptors (Lipinski definition) is 4. The van der Waals surface area contributed by atoms with E-state index in [1.165, 1.54) is 0 Å². The summed E-state index contributed by atoms with van der Waals surface area (Å²) in [5.41, 5.74) is 0. The van der Waals surface area contributed by atoms with E-state index in [4.69, 9.17) is 15.3 Å². The molecule has 0 aromatic heterocycles. The Morgan fingerprint density at radius 2 is 1.29 bits per heavy atom. The average molecular weight is 166 g/mol. The Bertz CT molecular complexity index is 34.7. The van der Waals surface area contributed by atoms with Gasteiger partial charge in [-0.05, 0) is 0 Å². The first-order valence-electron chi connectivity index (χ1n) is 0.548. The Kier molecular flexibility index (Phi) is 57.5. The Morgan fingerprint density at radius 1 is 1.29 bits per heavy atom. The summed E-state index contributed by atoms with van der Waals surface area (Å²) < 4.78 is 0. The zero-order chi connectivity index (χ0) is 3.58. The van der Waals surface area contributed by atoms with Gasteiger partial charge in [-0.3, -0.25) is 0 Å². The topological polar surface area (TPSA) is 96.2 Å². The van der Waals surface area contributed by atoms with E-state index in [1.807, 2.05) is 0 Å². The van der Waals surface area contributed by atoms with Gasteiger partial charge in [-0.15, -0.1) is 0 Å². The van der Waals surface area contributed by atoms with E-state index in [9.17, 15) is 0 Å². The molecule has 0 aromatic carbocycles. The third-order valence-corrected chi connectivity index (χ3v) is 0. The van der Waals surface area contributed by atoms with Crippen LogP contribution in [0.2, 0.25) is 0 Å². The Morgan fingerprint density at radius 3 is 1.29 bits per heavy atom. The fourth-order valence-corrected chi connectivity index (χ4v) is 0. The first-order chi connectivity index (χ1) is 1.73. The SMILES string of the molecule is O=[N+]([O-])[O-].[Cu+2].[Na+].[OH-]. The van der Waals surface area contributed by atoms with Crippen molar-refractivity contribution in [2.24, 2.45) is 0 Å². The zero-order valence-electron chi connectivity index (χ0n) is 3.42. The molecule has 0 bridgehead atoms. The average Bonchev–Trinajstić information content (AvgIpc) is 0.811. The van der Waals surface area contributed by atoms with Gasteiger partial charge >= 0.3 is 46.6 Å². The molecule has 0 amide bonds. The quantitative estimate of drug-likeness (QED) is 0.212. The van der Waals surface area contributed by atoms with Crippen LogP contribution in [0.1, 0.15) is 0 Å². The molecule has 0 heterocycles. The van der Waals surface area contributed by atoms with Crippen LogP contribution in [0.5, 0.6) is 0 Å². The van der Waals surface area contributed by atoms with Crippen LogP contribution >= 0.6 is 0 Å². The minimum absolute atomic E-state index is 0. The summed E-state index contributed by atoms with van der Waals surface area (Å²) >= 11 is 0. The van der Waals surface area contributed by atoms with E-state index in [1.54, 1.807) is 0 Å². The summed E-state index contributed by atoms with van der Waals surface area (Å²) in [6, 6.07) is 0. The second kappa shape index (κ2) is 15.9. The van der Waals surface area contributed by atoms with Crippen molar-refractivity contribution in [1.82, 2.24) is 0 Å². The van der Waals surface area contributed by atoms with Crippen molar-refractivity contribution >= 4 is 0 Å². The third-order valence-electron chi connectivity index (χ3n) is 0. The molecule has 7 heavy (non-hydrogen) atoms. The summed E-state index contributed by atoms with van der Waals surface area (Å²) in [5, 5.41) is 14.8. The molecule has 5 nitrogen and oxygen atoms in total. The van der Waals surface area contributed by atoms with Crippen molar-refractivity contribution in [2.75, 3.05) is 0 Å². The predicted molar refractivity (Wildman–Crippen MR) is 12.3 cm³/mol. The molecule has 0 unspecified atom stereocenters. The first-order valence-corrected chi connectivity index (χ1v) is 0.548. The molecule has 0 aliphatic carbocycles.